The van der Waals surface area contributed by atoms with Crippen molar-refractivity contribution < 1.29 is 9.59 Å². The van der Waals surface area contributed by atoms with E-state index in [0.717, 1.165) is 0 Å². The van der Waals surface area contributed by atoms with Crippen LogP contribution in [0.1, 0.15) is 24.2 Å². The van der Waals surface area contributed by atoms with Gasteiger partial charge in [-0.25, -0.2) is 0 Å². The van der Waals surface area contributed by atoms with E-state index in [1.165, 1.54) is 0 Å². The second-order valence-electron chi connectivity index (χ2n) is 4.68. The summed E-state index contributed by atoms with van der Waals surface area (Å²) in [7, 11) is 0. The van der Waals surface area contributed by atoms with E-state index in [9.17, 15) is 9.59 Å². The van der Waals surface area contributed by atoms with Crippen LogP contribution < -0.4 is 16.0 Å². The maximum atomic E-state index is 11.9. The summed E-state index contributed by atoms with van der Waals surface area (Å²) in [6.45, 7) is 8.13. The first-order valence-corrected chi connectivity index (χ1v) is 6.55. The smallest absolute Gasteiger partial charge is 0.251 e. The van der Waals surface area contributed by atoms with Crippen LogP contribution >= 0.6 is 0 Å². The first kappa shape index (κ1) is 15.9. The summed E-state index contributed by atoms with van der Waals surface area (Å²) in [6.07, 6.45) is 1.68. The van der Waals surface area contributed by atoms with Crippen molar-refractivity contribution in [3.63, 3.8) is 0 Å². The second kappa shape index (κ2) is 8.12. The van der Waals surface area contributed by atoms with E-state index in [2.05, 4.69) is 22.5 Å². The molecule has 1 rings (SSSR count). The number of carbonyl (C=O) groups is 2. The lowest BCUT2D eigenvalue weighted by Crippen LogP contribution is -2.30. The molecule has 5 nitrogen and oxygen atoms in total. The van der Waals surface area contributed by atoms with Crippen LogP contribution in [-0.2, 0) is 4.79 Å². The Morgan fingerprint density at radius 1 is 1.35 bits per heavy atom. The van der Waals surface area contributed by atoms with E-state index >= 15 is 0 Å². The van der Waals surface area contributed by atoms with E-state index in [-0.39, 0.29) is 24.4 Å². The summed E-state index contributed by atoms with van der Waals surface area (Å²) in [4.78, 5) is 23.5. The third-order valence-electron chi connectivity index (χ3n) is 2.40. The highest BCUT2D eigenvalue weighted by molar-refractivity contribution is 5.97. The van der Waals surface area contributed by atoms with E-state index in [4.69, 9.17) is 0 Å². The molecule has 0 aliphatic carbocycles. The molecular weight excluding hydrogens is 254 g/mol. The maximum Gasteiger partial charge on any atom is 0.251 e. The van der Waals surface area contributed by atoms with Gasteiger partial charge in [-0.15, -0.1) is 6.58 Å². The molecule has 3 N–H and O–H groups in total. The molecule has 0 fully saturated rings. The molecule has 0 aromatic heterocycles. The van der Waals surface area contributed by atoms with Crippen molar-refractivity contribution in [3.8, 4) is 0 Å². The van der Waals surface area contributed by atoms with E-state index in [1.54, 1.807) is 30.3 Å². The quantitative estimate of drug-likeness (QED) is 0.522. The van der Waals surface area contributed by atoms with Crippen LogP contribution in [0.15, 0.2) is 36.9 Å². The Balaban J connectivity index is 2.61. The number of carbonyl (C=O) groups excluding carboxylic acids is 2. The van der Waals surface area contributed by atoms with Gasteiger partial charge in [0, 0.05) is 23.8 Å². The lowest BCUT2D eigenvalue weighted by atomic mass is 10.1. The number of hydrogen-bond donors (Lipinski definition) is 3. The number of amides is 2. The zero-order valence-electron chi connectivity index (χ0n) is 11.9. The minimum atomic E-state index is -0.159. The number of nitrogens with one attached hydrogen (secondary N) is 3. The molecule has 0 heterocycles. The van der Waals surface area contributed by atoms with Gasteiger partial charge in [-0.1, -0.05) is 12.1 Å². The highest BCUT2D eigenvalue weighted by Crippen LogP contribution is 2.10. The van der Waals surface area contributed by atoms with Crippen LogP contribution in [0.2, 0.25) is 0 Å². The van der Waals surface area contributed by atoms with Crippen LogP contribution in [0.4, 0.5) is 5.69 Å². The molecule has 0 aliphatic heterocycles. The number of rotatable bonds is 7. The Labute approximate surface area is 119 Å². The minimum Gasteiger partial charge on any atom is -0.350 e. The number of benzene rings is 1. The maximum absolute atomic E-state index is 11.9. The van der Waals surface area contributed by atoms with Crippen molar-refractivity contribution in [2.45, 2.75) is 19.9 Å². The van der Waals surface area contributed by atoms with Gasteiger partial charge in [-0.3, -0.25) is 9.59 Å². The van der Waals surface area contributed by atoms with Gasteiger partial charge in [0.2, 0.25) is 5.91 Å². The Kier molecular flexibility index (Phi) is 6.46. The Morgan fingerprint density at radius 3 is 2.75 bits per heavy atom. The van der Waals surface area contributed by atoms with E-state index < -0.39 is 0 Å². The summed E-state index contributed by atoms with van der Waals surface area (Å²) >= 11 is 0. The third-order valence-corrected chi connectivity index (χ3v) is 2.40. The van der Waals surface area contributed by atoms with Gasteiger partial charge in [0.1, 0.15) is 0 Å². The Hall–Kier alpha value is -2.14. The average molecular weight is 275 g/mol. The van der Waals surface area contributed by atoms with Crippen molar-refractivity contribution >= 4 is 17.5 Å². The SMILES string of the molecule is C=CCNCC(=O)Nc1cccc(C(=O)NC(C)C)c1. The molecule has 2 amide bonds. The van der Waals surface area contributed by atoms with E-state index in [0.29, 0.717) is 17.8 Å². The fourth-order valence-corrected chi connectivity index (χ4v) is 1.58. The largest absolute Gasteiger partial charge is 0.350 e. The Bertz CT molecular complexity index is 484. The molecule has 0 saturated carbocycles. The summed E-state index contributed by atoms with van der Waals surface area (Å²) in [5, 5.41) is 8.45. The van der Waals surface area contributed by atoms with Crippen LogP contribution in [0.5, 0.6) is 0 Å². The summed E-state index contributed by atoms with van der Waals surface area (Å²) in [6, 6.07) is 6.93. The van der Waals surface area contributed by atoms with Crippen molar-refractivity contribution in [2.75, 3.05) is 18.4 Å². The summed E-state index contributed by atoms with van der Waals surface area (Å²) < 4.78 is 0. The third kappa shape index (κ3) is 5.67. The van der Waals surface area contributed by atoms with Crippen molar-refractivity contribution in [1.82, 2.24) is 10.6 Å². The molecule has 5 heteroatoms. The Morgan fingerprint density at radius 2 is 2.10 bits per heavy atom. The molecule has 1 aromatic carbocycles. The molecule has 1 aromatic rings. The van der Waals surface area contributed by atoms with Crippen LogP contribution in [0.3, 0.4) is 0 Å². The van der Waals surface area contributed by atoms with Crippen LogP contribution in [0, 0.1) is 0 Å². The van der Waals surface area contributed by atoms with Gasteiger partial charge in [-0.2, -0.15) is 0 Å². The van der Waals surface area contributed by atoms with Crippen molar-refractivity contribution in [1.29, 1.82) is 0 Å². The topological polar surface area (TPSA) is 70.2 Å². The molecule has 0 spiro atoms. The van der Waals surface area contributed by atoms with Crippen molar-refractivity contribution in [3.05, 3.63) is 42.5 Å². The molecular formula is C15H21N3O2. The molecule has 0 aliphatic rings. The number of hydrogen-bond acceptors (Lipinski definition) is 3. The van der Waals surface area contributed by atoms with Gasteiger partial charge in [-0.05, 0) is 32.0 Å². The monoisotopic (exact) mass is 275 g/mol. The fourth-order valence-electron chi connectivity index (χ4n) is 1.58. The van der Waals surface area contributed by atoms with Gasteiger partial charge >= 0.3 is 0 Å². The standard InChI is InChI=1S/C15H21N3O2/c1-4-8-16-10-14(19)18-13-7-5-6-12(9-13)15(20)17-11(2)3/h4-7,9,11,16H,1,8,10H2,2-3H3,(H,17,20)(H,18,19). The normalized spacial score (nSPS) is 10.2. The van der Waals surface area contributed by atoms with E-state index in [1.807, 2.05) is 13.8 Å². The van der Waals surface area contributed by atoms with Crippen molar-refractivity contribution in [2.24, 2.45) is 0 Å². The molecule has 0 unspecified atom stereocenters. The minimum absolute atomic E-state index is 0.0730. The second-order valence-corrected chi connectivity index (χ2v) is 4.68. The zero-order valence-corrected chi connectivity index (χ0v) is 11.9. The summed E-state index contributed by atoms with van der Waals surface area (Å²) in [5.74, 6) is -0.311. The molecule has 20 heavy (non-hydrogen) atoms. The van der Waals surface area contributed by atoms with Crippen LogP contribution in [0.25, 0.3) is 0 Å². The molecule has 0 radical (unpaired) electrons. The lowest BCUT2D eigenvalue weighted by molar-refractivity contribution is -0.115. The van der Waals surface area contributed by atoms with Gasteiger partial charge < -0.3 is 16.0 Å². The molecule has 0 bridgehead atoms. The summed E-state index contributed by atoms with van der Waals surface area (Å²) in [5.41, 5.74) is 1.13. The first-order chi connectivity index (χ1) is 9.52. The average Bonchev–Trinajstić information content (AvgIpc) is 2.38. The first-order valence-electron chi connectivity index (χ1n) is 6.55. The van der Waals surface area contributed by atoms with Gasteiger partial charge in [0.25, 0.3) is 5.91 Å². The zero-order chi connectivity index (χ0) is 15.0. The van der Waals surface area contributed by atoms with Gasteiger partial charge in [0.15, 0.2) is 0 Å². The number of anilines is 1. The fraction of sp³-hybridized carbons (Fsp3) is 0.333. The molecule has 0 saturated heterocycles. The highest BCUT2D eigenvalue weighted by Gasteiger charge is 2.08. The molecule has 0 atom stereocenters. The molecule has 108 valence electrons. The van der Waals surface area contributed by atoms with Crippen LogP contribution in [-0.4, -0.2) is 30.9 Å². The predicted molar refractivity (Wildman–Crippen MR) is 80.7 cm³/mol. The predicted octanol–water partition coefficient (Wildman–Crippen LogP) is 1.54. The lowest BCUT2D eigenvalue weighted by Gasteiger charge is -2.10. The van der Waals surface area contributed by atoms with Gasteiger partial charge in [0.05, 0.1) is 6.54 Å². The highest BCUT2D eigenvalue weighted by atomic mass is 16.2.